The largest absolute Gasteiger partial charge is 0.495 e. The van der Waals surface area contributed by atoms with Crippen LogP contribution in [0.5, 0.6) is 5.75 Å². The predicted molar refractivity (Wildman–Crippen MR) is 66.1 cm³/mol. The van der Waals surface area contributed by atoms with Crippen LogP contribution in [0.2, 0.25) is 0 Å². The molecule has 1 aromatic rings. The maximum absolute atomic E-state index is 12.0. The number of fused-ring (bicyclic) bond motifs is 1. The van der Waals surface area contributed by atoms with Crippen LogP contribution in [-0.2, 0) is 4.79 Å². The lowest BCUT2D eigenvalue weighted by molar-refractivity contribution is -0.122. The van der Waals surface area contributed by atoms with E-state index in [2.05, 4.69) is 5.32 Å². The Morgan fingerprint density at radius 3 is 2.88 bits per heavy atom. The van der Waals surface area contributed by atoms with Gasteiger partial charge in [0.25, 0.3) is 0 Å². The minimum Gasteiger partial charge on any atom is -0.495 e. The fraction of sp³-hybridized carbons (Fsp3) is 0.417. The van der Waals surface area contributed by atoms with Crippen molar-refractivity contribution in [3.63, 3.8) is 0 Å². The Labute approximate surface area is 99.6 Å². The Bertz CT molecular complexity index is 429. The smallest absolute Gasteiger partial charge is 0.231 e. The zero-order valence-electron chi connectivity index (χ0n) is 9.66. The summed E-state index contributed by atoms with van der Waals surface area (Å²) in [5, 5.41) is 2.95. The maximum Gasteiger partial charge on any atom is 0.231 e. The van der Waals surface area contributed by atoms with Gasteiger partial charge < -0.3 is 10.1 Å². The highest BCUT2D eigenvalue weighted by molar-refractivity contribution is 7.99. The molecule has 0 saturated heterocycles. The summed E-state index contributed by atoms with van der Waals surface area (Å²) in [6, 6.07) is 5.80. The summed E-state index contributed by atoms with van der Waals surface area (Å²) in [4.78, 5) is 13.1. The van der Waals surface area contributed by atoms with E-state index in [0.717, 1.165) is 22.1 Å². The van der Waals surface area contributed by atoms with Gasteiger partial charge in [-0.25, -0.2) is 0 Å². The number of para-hydroxylation sites is 1. The van der Waals surface area contributed by atoms with E-state index in [9.17, 15) is 4.79 Å². The van der Waals surface area contributed by atoms with Gasteiger partial charge in [0, 0.05) is 10.6 Å². The van der Waals surface area contributed by atoms with Crippen LogP contribution in [0.4, 0.5) is 5.69 Å². The molecule has 0 saturated carbocycles. The molecule has 86 valence electrons. The second-order valence-electron chi connectivity index (χ2n) is 4.46. The lowest BCUT2D eigenvalue weighted by atomic mass is 9.95. The van der Waals surface area contributed by atoms with Gasteiger partial charge in [-0.1, -0.05) is 19.9 Å². The second-order valence-corrected chi connectivity index (χ2v) is 5.48. The third-order valence-electron chi connectivity index (χ3n) is 2.65. The summed E-state index contributed by atoms with van der Waals surface area (Å²) < 4.78 is 5.26. The van der Waals surface area contributed by atoms with Crippen molar-refractivity contribution in [2.75, 3.05) is 18.2 Å². The van der Waals surface area contributed by atoms with Gasteiger partial charge in [0.1, 0.15) is 5.75 Å². The Hall–Kier alpha value is -1.16. The molecule has 4 heteroatoms. The fourth-order valence-corrected chi connectivity index (χ4v) is 2.65. The first-order valence-electron chi connectivity index (χ1n) is 5.16. The zero-order valence-corrected chi connectivity index (χ0v) is 10.5. The van der Waals surface area contributed by atoms with Crippen molar-refractivity contribution in [2.24, 2.45) is 5.41 Å². The van der Waals surface area contributed by atoms with Crippen molar-refractivity contribution in [3.8, 4) is 5.75 Å². The van der Waals surface area contributed by atoms with E-state index < -0.39 is 0 Å². The van der Waals surface area contributed by atoms with E-state index in [1.165, 1.54) is 0 Å². The average molecular weight is 237 g/mol. The van der Waals surface area contributed by atoms with Crippen LogP contribution in [0.25, 0.3) is 0 Å². The van der Waals surface area contributed by atoms with Crippen molar-refractivity contribution < 1.29 is 9.53 Å². The number of rotatable bonds is 1. The average Bonchev–Trinajstić information content (AvgIpc) is 2.37. The van der Waals surface area contributed by atoms with Crippen LogP contribution >= 0.6 is 11.8 Å². The standard InChI is InChI=1S/C12H15NO2S/c1-12(2)7-16-9-6-4-5-8(15-3)10(9)13-11(12)14/h4-6H,7H2,1-3H3,(H,13,14). The van der Waals surface area contributed by atoms with Crippen molar-refractivity contribution in [2.45, 2.75) is 18.7 Å². The van der Waals surface area contributed by atoms with Crippen LogP contribution in [0.3, 0.4) is 0 Å². The number of hydrogen-bond donors (Lipinski definition) is 1. The molecule has 1 aliphatic rings. The quantitative estimate of drug-likeness (QED) is 0.816. The van der Waals surface area contributed by atoms with E-state index in [1.54, 1.807) is 18.9 Å². The van der Waals surface area contributed by atoms with Gasteiger partial charge in [0.05, 0.1) is 18.2 Å². The molecule has 0 fully saturated rings. The van der Waals surface area contributed by atoms with E-state index in [4.69, 9.17) is 4.74 Å². The zero-order chi connectivity index (χ0) is 11.8. The first-order chi connectivity index (χ1) is 7.54. The summed E-state index contributed by atoms with van der Waals surface area (Å²) >= 11 is 1.69. The lowest BCUT2D eigenvalue weighted by Gasteiger charge is -2.19. The monoisotopic (exact) mass is 237 g/mol. The normalized spacial score (nSPS) is 18.3. The number of methoxy groups -OCH3 is 1. The van der Waals surface area contributed by atoms with Gasteiger partial charge in [0.2, 0.25) is 5.91 Å². The van der Waals surface area contributed by atoms with Crippen LogP contribution in [0.15, 0.2) is 23.1 Å². The van der Waals surface area contributed by atoms with Crippen molar-refractivity contribution in [1.82, 2.24) is 0 Å². The number of carbonyl (C=O) groups excluding carboxylic acids is 1. The highest BCUT2D eigenvalue weighted by atomic mass is 32.2. The Morgan fingerprint density at radius 1 is 1.44 bits per heavy atom. The molecule has 1 aromatic carbocycles. The Morgan fingerprint density at radius 2 is 2.19 bits per heavy atom. The minimum atomic E-state index is -0.352. The summed E-state index contributed by atoms with van der Waals surface area (Å²) in [6.07, 6.45) is 0. The van der Waals surface area contributed by atoms with Gasteiger partial charge in [-0.3, -0.25) is 4.79 Å². The molecule has 2 rings (SSSR count). The van der Waals surface area contributed by atoms with E-state index in [-0.39, 0.29) is 11.3 Å². The maximum atomic E-state index is 12.0. The molecule has 0 atom stereocenters. The minimum absolute atomic E-state index is 0.0447. The van der Waals surface area contributed by atoms with Crippen molar-refractivity contribution >= 4 is 23.4 Å². The summed E-state index contributed by atoms with van der Waals surface area (Å²) in [5.74, 6) is 1.54. The molecule has 0 aliphatic carbocycles. The molecule has 1 aliphatic heterocycles. The molecule has 0 radical (unpaired) electrons. The molecule has 1 heterocycles. The first-order valence-corrected chi connectivity index (χ1v) is 6.14. The topological polar surface area (TPSA) is 38.3 Å². The highest BCUT2D eigenvalue weighted by Gasteiger charge is 2.32. The molecule has 0 aromatic heterocycles. The third-order valence-corrected chi connectivity index (χ3v) is 4.17. The van der Waals surface area contributed by atoms with E-state index in [1.807, 2.05) is 32.0 Å². The first kappa shape index (κ1) is 11.3. The molecule has 3 nitrogen and oxygen atoms in total. The molecule has 0 bridgehead atoms. The van der Waals surface area contributed by atoms with Crippen LogP contribution in [0.1, 0.15) is 13.8 Å². The molecule has 1 N–H and O–H groups in total. The van der Waals surface area contributed by atoms with Crippen molar-refractivity contribution in [1.29, 1.82) is 0 Å². The number of carbonyl (C=O) groups is 1. The van der Waals surface area contributed by atoms with Gasteiger partial charge in [-0.05, 0) is 12.1 Å². The van der Waals surface area contributed by atoms with Gasteiger partial charge in [-0.2, -0.15) is 0 Å². The van der Waals surface area contributed by atoms with Gasteiger partial charge in [-0.15, -0.1) is 11.8 Å². The third kappa shape index (κ3) is 1.89. The number of amides is 1. The number of ether oxygens (including phenoxy) is 1. The van der Waals surface area contributed by atoms with Gasteiger partial charge in [0.15, 0.2) is 0 Å². The van der Waals surface area contributed by atoms with E-state index in [0.29, 0.717) is 0 Å². The SMILES string of the molecule is COc1cccc2c1NC(=O)C(C)(C)CS2. The number of benzene rings is 1. The van der Waals surface area contributed by atoms with E-state index >= 15 is 0 Å². The molecular formula is C12H15NO2S. The Kier molecular flexibility index (Phi) is 2.84. The molecule has 0 spiro atoms. The summed E-state index contributed by atoms with van der Waals surface area (Å²) in [7, 11) is 1.61. The Balaban J connectivity index is 2.45. The number of thioether (sulfide) groups is 1. The summed E-state index contributed by atoms with van der Waals surface area (Å²) in [6.45, 7) is 3.90. The van der Waals surface area contributed by atoms with Crippen molar-refractivity contribution in [3.05, 3.63) is 18.2 Å². The lowest BCUT2D eigenvalue weighted by Crippen LogP contribution is -2.31. The summed E-state index contributed by atoms with van der Waals surface area (Å²) in [5.41, 5.74) is 0.444. The van der Waals surface area contributed by atoms with Crippen LogP contribution in [0, 0.1) is 5.41 Å². The number of nitrogens with one attached hydrogen (secondary N) is 1. The molecule has 0 unspecified atom stereocenters. The predicted octanol–water partition coefficient (Wildman–Crippen LogP) is 2.77. The second kappa shape index (κ2) is 4.01. The van der Waals surface area contributed by atoms with Gasteiger partial charge >= 0.3 is 0 Å². The molecule has 1 amide bonds. The molecule has 16 heavy (non-hydrogen) atoms. The number of anilines is 1. The van der Waals surface area contributed by atoms with Crippen LogP contribution < -0.4 is 10.1 Å². The van der Waals surface area contributed by atoms with Crippen LogP contribution in [-0.4, -0.2) is 18.8 Å². The number of hydrogen-bond acceptors (Lipinski definition) is 3. The molecular weight excluding hydrogens is 222 g/mol. The highest BCUT2D eigenvalue weighted by Crippen LogP contribution is 2.41. The fourth-order valence-electron chi connectivity index (χ4n) is 1.53.